The molecule has 0 aliphatic carbocycles. The van der Waals surface area contributed by atoms with Crippen LogP contribution in [0.4, 0.5) is 0 Å². The zero-order chi connectivity index (χ0) is 25.3. The van der Waals surface area contributed by atoms with Gasteiger partial charge in [0.1, 0.15) is 11.4 Å². The van der Waals surface area contributed by atoms with E-state index in [0.717, 1.165) is 5.69 Å². The third kappa shape index (κ3) is 6.92. The van der Waals surface area contributed by atoms with Crippen LogP contribution in [0.2, 0.25) is 0 Å². The maximum absolute atomic E-state index is 9.79. The van der Waals surface area contributed by atoms with E-state index in [1.165, 1.54) is 10.5 Å². The molecule has 3 nitrogen and oxygen atoms in total. The molecule has 5 heteroatoms. The van der Waals surface area contributed by atoms with Gasteiger partial charge in [0.2, 0.25) is 0 Å². The Hall–Kier alpha value is -3.38. The number of rotatable bonds is 5. The minimum atomic E-state index is -1.83. The summed E-state index contributed by atoms with van der Waals surface area (Å²) in [6.07, 6.45) is 6.85. The van der Waals surface area contributed by atoms with Crippen molar-refractivity contribution in [2.75, 3.05) is 0 Å². The second-order valence-corrected chi connectivity index (χ2v) is 14.6. The van der Waals surface area contributed by atoms with E-state index in [1.54, 1.807) is 16.7 Å². The van der Waals surface area contributed by atoms with E-state index in [0.29, 0.717) is 5.69 Å². The van der Waals surface area contributed by atoms with Crippen LogP contribution in [0.15, 0.2) is 152 Å². The number of hydrogen-bond donors (Lipinski definition) is 1. The van der Waals surface area contributed by atoms with Crippen molar-refractivity contribution in [1.82, 2.24) is 4.57 Å². The Bertz CT molecular complexity index is 1430. The van der Waals surface area contributed by atoms with Crippen molar-refractivity contribution in [2.45, 2.75) is 0 Å². The zero-order valence-corrected chi connectivity index (χ0v) is 25.4. The molecular weight excluding hydrogens is 757 g/mol. The first-order chi connectivity index (χ1) is 18.3. The van der Waals surface area contributed by atoms with Crippen LogP contribution in [0.1, 0.15) is 0 Å². The van der Waals surface area contributed by atoms with E-state index in [1.807, 2.05) is 53.4 Å². The molecule has 0 spiro atoms. The molecule has 1 N–H and O–H groups in total. The van der Waals surface area contributed by atoms with Gasteiger partial charge < -0.3 is 9.67 Å². The van der Waals surface area contributed by atoms with Gasteiger partial charge in [-0.05, 0) is 17.8 Å². The summed E-state index contributed by atoms with van der Waals surface area (Å²) in [5.74, 6) is 0.230. The molecule has 188 valence electrons. The van der Waals surface area contributed by atoms with Gasteiger partial charge in [-0.2, -0.15) is 30.3 Å². The number of aromatic nitrogens is 2. The fourth-order valence-electron chi connectivity index (χ4n) is 3.96. The maximum atomic E-state index is 9.79. The van der Waals surface area contributed by atoms with Gasteiger partial charge in [-0.3, -0.25) is 4.57 Å². The Balaban J connectivity index is 0.000000173. The minimum absolute atomic E-state index is 0. The van der Waals surface area contributed by atoms with E-state index in [4.69, 9.17) is 0 Å². The summed E-state index contributed by atoms with van der Waals surface area (Å²) < 4.78 is 8.12. The molecule has 5 aromatic carbocycles. The van der Waals surface area contributed by atoms with Crippen molar-refractivity contribution in [1.29, 1.82) is 0 Å². The van der Waals surface area contributed by atoms with Gasteiger partial charge in [-0.1, -0.05) is 12.1 Å². The van der Waals surface area contributed by atoms with Crippen LogP contribution in [0.25, 0.3) is 11.4 Å². The summed E-state index contributed by atoms with van der Waals surface area (Å²) in [6, 6.07) is 50.8. The van der Waals surface area contributed by atoms with Gasteiger partial charge in [0.25, 0.3) is 6.33 Å². The van der Waals surface area contributed by atoms with Crippen molar-refractivity contribution in [2.24, 2.45) is 0 Å². The molecule has 0 amide bonds. The monoisotopic (exact) mass is 782 g/mol. The fourth-order valence-corrected chi connectivity index (χ4v) is 10.5. The first-order valence-corrected chi connectivity index (χ1v) is 15.9. The van der Waals surface area contributed by atoms with Crippen LogP contribution in [-0.2, 0) is 21.1 Å². The fraction of sp³-hybridized carbons (Fsp3) is 0. The standard InChI is InChI=1S/C15H11N2O.3C6H5.Pt.Sb/c18-15-9-5-4-8-14(15)17-11-10-16(12-17)13-6-2-1-3-7-13;3*1-2-4-6-5-3-1;;/h1-6,8-11,18H;3*1-5H;;/q-1;;;;+2;. The molecule has 0 atom stereocenters. The number of aromatic hydroxyl groups is 1. The van der Waals surface area contributed by atoms with Gasteiger partial charge in [-0.15, -0.1) is 0 Å². The van der Waals surface area contributed by atoms with Crippen molar-refractivity contribution >= 4 is 30.7 Å². The van der Waals surface area contributed by atoms with Crippen LogP contribution in [0.3, 0.4) is 0 Å². The van der Waals surface area contributed by atoms with Crippen LogP contribution in [0, 0.1) is 12.4 Å². The van der Waals surface area contributed by atoms with Gasteiger partial charge in [0.15, 0.2) is 0 Å². The van der Waals surface area contributed by atoms with Crippen LogP contribution in [0.5, 0.6) is 5.75 Å². The second kappa shape index (κ2) is 14.0. The Kier molecular flexibility index (Phi) is 10.2. The summed E-state index contributed by atoms with van der Waals surface area (Å²) in [4.78, 5) is 0. The SMILES string of the molecule is Oc1ccccc1-[n+]1[c-]n(-c2[c-]cccc2)cc1.[Pt+2].c1cc[c]([Sb]([c]2ccccc2)[c]2ccccc2)cc1. The predicted octanol–water partition coefficient (Wildman–Crippen LogP) is 4.26. The molecule has 0 fully saturated rings. The molecule has 0 saturated carbocycles. The Morgan fingerprint density at radius 2 is 1.11 bits per heavy atom. The summed E-state index contributed by atoms with van der Waals surface area (Å²) in [5, 5.41) is 9.79. The normalized spacial score (nSPS) is 10.2. The molecule has 0 aliphatic rings. The Morgan fingerprint density at radius 1 is 0.605 bits per heavy atom. The summed E-state index contributed by atoms with van der Waals surface area (Å²) in [7, 11) is 0. The average Bonchev–Trinajstić information content (AvgIpc) is 3.46. The van der Waals surface area contributed by atoms with E-state index >= 15 is 0 Å². The summed E-state index contributed by atoms with van der Waals surface area (Å²) in [6.45, 7) is 0. The number of para-hydroxylation sites is 3. The number of benzene rings is 5. The first-order valence-electron chi connectivity index (χ1n) is 12.0. The average molecular weight is 783 g/mol. The van der Waals surface area contributed by atoms with E-state index in [9.17, 15) is 5.11 Å². The molecule has 0 saturated heterocycles. The van der Waals surface area contributed by atoms with Gasteiger partial charge in [0.05, 0.1) is 0 Å². The quantitative estimate of drug-likeness (QED) is 0.158. The molecule has 0 bridgehead atoms. The first kappa shape index (κ1) is 27.6. The summed E-state index contributed by atoms with van der Waals surface area (Å²) >= 11 is -1.83. The number of phenols is 1. The molecular formula is C33H26N2OPtSb+. The molecule has 0 radical (unpaired) electrons. The number of imidazole rings is 1. The number of nitrogens with zero attached hydrogens (tertiary/aromatic N) is 2. The van der Waals surface area contributed by atoms with E-state index < -0.39 is 20.2 Å². The molecule has 6 aromatic rings. The van der Waals surface area contributed by atoms with Crippen molar-refractivity contribution < 1.29 is 30.7 Å². The Morgan fingerprint density at radius 3 is 1.61 bits per heavy atom. The molecule has 0 aliphatic heterocycles. The van der Waals surface area contributed by atoms with E-state index in [-0.39, 0.29) is 26.8 Å². The van der Waals surface area contributed by atoms with Crippen molar-refractivity contribution in [3.05, 3.63) is 164 Å². The third-order valence-corrected chi connectivity index (χ3v) is 12.7. The van der Waals surface area contributed by atoms with Crippen LogP contribution < -0.4 is 15.1 Å². The van der Waals surface area contributed by atoms with Gasteiger partial charge in [0, 0.05) is 12.4 Å². The zero-order valence-electron chi connectivity index (χ0n) is 20.5. The van der Waals surface area contributed by atoms with Gasteiger partial charge in [-0.25, -0.2) is 0 Å². The van der Waals surface area contributed by atoms with Crippen LogP contribution >= 0.6 is 0 Å². The number of hydrogen-bond acceptors (Lipinski definition) is 1. The molecule has 0 unspecified atom stereocenters. The molecule has 6 rings (SSSR count). The van der Waals surface area contributed by atoms with Crippen molar-refractivity contribution in [3.8, 4) is 17.1 Å². The molecule has 38 heavy (non-hydrogen) atoms. The molecule has 1 aromatic heterocycles. The Labute approximate surface area is 245 Å². The topological polar surface area (TPSA) is 29.0 Å². The third-order valence-electron chi connectivity index (χ3n) is 5.72. The number of phenolic OH excluding ortho intramolecular Hbond substituents is 1. The van der Waals surface area contributed by atoms with Gasteiger partial charge >= 0.3 is 143 Å². The predicted molar refractivity (Wildman–Crippen MR) is 151 cm³/mol. The van der Waals surface area contributed by atoms with Crippen molar-refractivity contribution in [3.63, 3.8) is 0 Å². The van der Waals surface area contributed by atoms with E-state index in [2.05, 4.69) is 103 Å². The summed E-state index contributed by atoms with van der Waals surface area (Å²) in [5.41, 5.74) is 1.61. The second-order valence-electron chi connectivity index (χ2n) is 8.22. The molecule has 1 heterocycles. The van der Waals surface area contributed by atoms with Crippen LogP contribution in [-0.4, -0.2) is 29.9 Å².